The van der Waals surface area contributed by atoms with Gasteiger partial charge in [0, 0.05) is 5.56 Å². The molecule has 2 aromatic carbocycles. The molecule has 0 saturated carbocycles. The van der Waals surface area contributed by atoms with Gasteiger partial charge in [0.1, 0.15) is 11.6 Å². The monoisotopic (exact) mass is 377 g/mol. The second kappa shape index (κ2) is 6.58. The summed E-state index contributed by atoms with van der Waals surface area (Å²) < 4.78 is 14.6. The van der Waals surface area contributed by atoms with Crippen molar-refractivity contribution >= 4 is 17.3 Å². The van der Waals surface area contributed by atoms with Gasteiger partial charge in [-0.3, -0.25) is 14.6 Å². The third-order valence-corrected chi connectivity index (χ3v) is 4.29. The molecular weight excluding hydrogens is 365 g/mol. The molecular formula is C20H12FN3O4. The van der Waals surface area contributed by atoms with Gasteiger partial charge in [-0.15, -0.1) is 0 Å². The fourth-order valence-corrected chi connectivity index (χ4v) is 3.04. The maximum atomic E-state index is 13.5. The van der Waals surface area contributed by atoms with E-state index in [1.165, 1.54) is 18.2 Å². The average Bonchev–Trinajstić information content (AvgIpc) is 2.69. The van der Waals surface area contributed by atoms with E-state index in [1.807, 2.05) is 0 Å². The largest absolute Gasteiger partial charge is 0.508 e. The Kier molecular flexibility index (Phi) is 4.08. The van der Waals surface area contributed by atoms with E-state index in [2.05, 4.69) is 9.97 Å². The second-order valence-corrected chi connectivity index (χ2v) is 6.06. The molecule has 0 fully saturated rings. The first-order valence-corrected chi connectivity index (χ1v) is 8.17. The Morgan fingerprint density at radius 1 is 1.11 bits per heavy atom. The number of nitrogens with one attached hydrogen (secondary N) is 1. The molecule has 0 amide bonds. The Labute approximate surface area is 156 Å². The molecule has 0 aliphatic rings. The van der Waals surface area contributed by atoms with Gasteiger partial charge < -0.3 is 5.11 Å². The number of rotatable bonds is 3. The van der Waals surface area contributed by atoms with E-state index in [-0.39, 0.29) is 16.8 Å². The molecule has 28 heavy (non-hydrogen) atoms. The number of aldehydes is 1. The van der Waals surface area contributed by atoms with Gasteiger partial charge in [-0.05, 0) is 47.5 Å². The lowest BCUT2D eigenvalue weighted by atomic mass is 9.99. The second-order valence-electron chi connectivity index (χ2n) is 6.06. The summed E-state index contributed by atoms with van der Waals surface area (Å²) >= 11 is 0. The summed E-state index contributed by atoms with van der Waals surface area (Å²) in [6.45, 7) is 0. The van der Waals surface area contributed by atoms with Crippen molar-refractivity contribution in [2.24, 2.45) is 0 Å². The molecule has 2 aromatic heterocycles. The lowest BCUT2D eigenvalue weighted by Crippen LogP contribution is -2.30. The number of aromatic amines is 1. The number of aromatic hydroxyl groups is 1. The molecule has 7 nitrogen and oxygen atoms in total. The van der Waals surface area contributed by atoms with Gasteiger partial charge in [-0.25, -0.2) is 18.7 Å². The summed E-state index contributed by atoms with van der Waals surface area (Å²) in [5, 5.41) is 9.69. The number of hydrogen-bond donors (Lipinski definition) is 2. The van der Waals surface area contributed by atoms with Crippen LogP contribution in [-0.2, 0) is 0 Å². The number of carbonyl (C=O) groups excluding carboxylic acids is 1. The molecule has 0 spiro atoms. The zero-order valence-electron chi connectivity index (χ0n) is 14.2. The lowest BCUT2D eigenvalue weighted by molar-refractivity contribution is 0.112. The molecule has 4 aromatic rings. The number of hydrogen-bond acceptors (Lipinski definition) is 5. The van der Waals surface area contributed by atoms with Crippen LogP contribution in [-0.4, -0.2) is 25.9 Å². The van der Waals surface area contributed by atoms with Crippen LogP contribution >= 0.6 is 0 Å². The van der Waals surface area contributed by atoms with Crippen molar-refractivity contribution in [1.82, 2.24) is 14.5 Å². The lowest BCUT2D eigenvalue weighted by Gasteiger charge is -2.11. The third-order valence-electron chi connectivity index (χ3n) is 4.29. The van der Waals surface area contributed by atoms with Crippen molar-refractivity contribution in [3.8, 4) is 22.6 Å². The highest BCUT2D eigenvalue weighted by molar-refractivity contribution is 5.88. The Morgan fingerprint density at radius 2 is 1.93 bits per heavy atom. The first kappa shape index (κ1) is 17.3. The predicted molar refractivity (Wildman–Crippen MR) is 100 cm³/mol. The van der Waals surface area contributed by atoms with Crippen LogP contribution in [0, 0.1) is 5.82 Å². The smallest absolute Gasteiger partial charge is 0.334 e. The van der Waals surface area contributed by atoms with Gasteiger partial charge in [0.25, 0.3) is 5.56 Å². The van der Waals surface area contributed by atoms with E-state index in [0.29, 0.717) is 28.7 Å². The summed E-state index contributed by atoms with van der Waals surface area (Å²) in [6.07, 6.45) is 1.58. The maximum Gasteiger partial charge on any atom is 0.334 e. The summed E-state index contributed by atoms with van der Waals surface area (Å²) in [7, 11) is 0. The van der Waals surface area contributed by atoms with Crippen LogP contribution in [0.25, 0.3) is 27.8 Å². The molecule has 0 radical (unpaired) electrons. The maximum absolute atomic E-state index is 13.5. The van der Waals surface area contributed by atoms with Crippen LogP contribution < -0.4 is 11.2 Å². The van der Waals surface area contributed by atoms with E-state index in [0.717, 1.165) is 16.8 Å². The minimum absolute atomic E-state index is 0.00109. The molecule has 0 unspecified atom stereocenters. The minimum Gasteiger partial charge on any atom is -0.508 e. The Hall–Kier alpha value is -4.07. The summed E-state index contributed by atoms with van der Waals surface area (Å²) in [6, 6.07) is 11.9. The molecule has 8 heteroatoms. The highest BCUT2D eigenvalue weighted by Crippen LogP contribution is 2.28. The van der Waals surface area contributed by atoms with Gasteiger partial charge in [-0.1, -0.05) is 12.1 Å². The molecule has 2 N–H and O–H groups in total. The van der Waals surface area contributed by atoms with E-state index in [4.69, 9.17) is 0 Å². The van der Waals surface area contributed by atoms with E-state index in [9.17, 15) is 23.9 Å². The van der Waals surface area contributed by atoms with Crippen molar-refractivity contribution in [2.75, 3.05) is 0 Å². The Balaban J connectivity index is 2.00. The van der Waals surface area contributed by atoms with Crippen LogP contribution in [0.15, 0.2) is 64.3 Å². The molecule has 0 aliphatic heterocycles. The van der Waals surface area contributed by atoms with Gasteiger partial charge in [0.05, 0.1) is 17.3 Å². The highest BCUT2D eigenvalue weighted by Gasteiger charge is 2.13. The number of benzene rings is 2. The normalized spacial score (nSPS) is 10.9. The Morgan fingerprint density at radius 3 is 2.71 bits per heavy atom. The molecule has 0 bridgehead atoms. The molecule has 0 aliphatic carbocycles. The first-order chi connectivity index (χ1) is 13.5. The van der Waals surface area contributed by atoms with Crippen molar-refractivity contribution in [3.63, 3.8) is 0 Å². The van der Waals surface area contributed by atoms with Gasteiger partial charge in [0.2, 0.25) is 0 Å². The molecule has 0 atom stereocenters. The van der Waals surface area contributed by atoms with Crippen LogP contribution in [0.5, 0.6) is 5.75 Å². The van der Waals surface area contributed by atoms with Crippen LogP contribution in [0.3, 0.4) is 0 Å². The number of aromatic nitrogens is 3. The van der Waals surface area contributed by atoms with Crippen molar-refractivity contribution in [1.29, 1.82) is 0 Å². The molecule has 0 saturated heterocycles. The number of fused-ring (bicyclic) bond motifs is 1. The van der Waals surface area contributed by atoms with Crippen LogP contribution in [0.4, 0.5) is 4.39 Å². The molecule has 4 rings (SSSR count). The van der Waals surface area contributed by atoms with Crippen molar-refractivity contribution < 1.29 is 14.3 Å². The zero-order valence-corrected chi connectivity index (χ0v) is 14.2. The highest BCUT2D eigenvalue weighted by atomic mass is 19.1. The van der Waals surface area contributed by atoms with E-state index < -0.39 is 17.1 Å². The number of nitrogens with zero attached hydrogens (tertiary/aromatic N) is 2. The number of carbonyl (C=O) groups is 1. The topological polar surface area (TPSA) is 105 Å². The predicted octanol–water partition coefficient (Wildman–Crippen LogP) is 2.40. The van der Waals surface area contributed by atoms with Crippen LogP contribution in [0.1, 0.15) is 10.4 Å². The summed E-state index contributed by atoms with van der Waals surface area (Å²) in [5.74, 6) is -0.720. The fourth-order valence-electron chi connectivity index (χ4n) is 3.04. The molecule has 2 heterocycles. The Bertz CT molecular complexity index is 1360. The minimum atomic E-state index is -0.740. The van der Waals surface area contributed by atoms with Crippen LogP contribution in [0.2, 0.25) is 0 Å². The standard InChI is InChI=1S/C20H12FN3O4/c21-13-7-17-18(22-9-13)24(20(28)23-19(17)27)14-3-1-2-11(6-14)16-8-15(26)5-4-12(16)10-25/h1-10,26H,(H,23,27,28). The van der Waals surface area contributed by atoms with Crippen molar-refractivity contribution in [2.45, 2.75) is 0 Å². The zero-order chi connectivity index (χ0) is 19.8. The van der Waals surface area contributed by atoms with E-state index in [1.54, 1.807) is 24.3 Å². The number of H-pyrrole nitrogens is 1. The quantitative estimate of drug-likeness (QED) is 0.534. The number of pyridine rings is 1. The van der Waals surface area contributed by atoms with Gasteiger partial charge >= 0.3 is 5.69 Å². The number of phenols is 1. The van der Waals surface area contributed by atoms with E-state index >= 15 is 0 Å². The summed E-state index contributed by atoms with van der Waals surface area (Å²) in [5.41, 5.74) is 0.257. The SMILES string of the molecule is O=Cc1ccc(O)cc1-c1cccc(-n2c(=O)[nH]c(=O)c3cc(F)cnc32)c1. The van der Waals surface area contributed by atoms with Gasteiger partial charge in [0.15, 0.2) is 11.9 Å². The summed E-state index contributed by atoms with van der Waals surface area (Å²) in [4.78, 5) is 41.8. The van der Waals surface area contributed by atoms with Gasteiger partial charge in [-0.2, -0.15) is 0 Å². The third kappa shape index (κ3) is 2.86. The number of halogens is 1. The molecule has 138 valence electrons. The van der Waals surface area contributed by atoms with Crippen molar-refractivity contribution in [3.05, 3.63) is 86.9 Å². The average molecular weight is 377 g/mol. The fraction of sp³-hybridized carbons (Fsp3) is 0. The number of phenolic OH excluding ortho intramolecular Hbond substituents is 1. The first-order valence-electron chi connectivity index (χ1n) is 8.17.